The molecule has 3 aromatic rings. The fraction of sp³-hybridized carbons (Fsp3) is 0.158. The minimum atomic E-state index is -0.959. The SMILES string of the molecule is CC(=O)C(Oc1c(C)cnn(-c2ccc(F)cc2)c1=O)c1cccnc1.Cl. The van der Waals surface area contributed by atoms with Crippen LogP contribution in [-0.4, -0.2) is 20.5 Å². The summed E-state index contributed by atoms with van der Waals surface area (Å²) in [6.07, 6.45) is 3.60. The van der Waals surface area contributed by atoms with E-state index < -0.39 is 17.5 Å². The molecule has 0 N–H and O–H groups in total. The van der Waals surface area contributed by atoms with Crippen molar-refractivity contribution in [1.82, 2.24) is 14.8 Å². The molecule has 1 aromatic carbocycles. The number of benzene rings is 1. The second-order valence-corrected chi connectivity index (χ2v) is 5.74. The molecule has 0 radical (unpaired) electrons. The smallest absolute Gasteiger partial charge is 0.314 e. The van der Waals surface area contributed by atoms with Gasteiger partial charge in [-0.15, -0.1) is 12.4 Å². The van der Waals surface area contributed by atoms with E-state index in [2.05, 4.69) is 10.1 Å². The first-order valence-electron chi connectivity index (χ1n) is 7.89. The lowest BCUT2D eigenvalue weighted by Crippen LogP contribution is -2.27. The van der Waals surface area contributed by atoms with Gasteiger partial charge in [-0.3, -0.25) is 14.6 Å². The van der Waals surface area contributed by atoms with Gasteiger partial charge in [0.1, 0.15) is 5.82 Å². The summed E-state index contributed by atoms with van der Waals surface area (Å²) >= 11 is 0. The molecule has 0 aliphatic rings. The summed E-state index contributed by atoms with van der Waals surface area (Å²) in [5.74, 6) is -0.672. The minimum absolute atomic E-state index is 0. The van der Waals surface area contributed by atoms with Crippen molar-refractivity contribution in [2.24, 2.45) is 0 Å². The number of aromatic nitrogens is 3. The summed E-state index contributed by atoms with van der Waals surface area (Å²) in [5.41, 5.74) is 0.890. The number of aryl methyl sites for hydroxylation is 1. The van der Waals surface area contributed by atoms with Gasteiger partial charge < -0.3 is 4.74 Å². The normalized spacial score (nSPS) is 11.4. The molecule has 6 nitrogen and oxygen atoms in total. The Balaban J connectivity index is 0.00000261. The van der Waals surface area contributed by atoms with Gasteiger partial charge in [0.2, 0.25) is 0 Å². The van der Waals surface area contributed by atoms with Crippen molar-refractivity contribution in [3.05, 3.63) is 82.3 Å². The second-order valence-electron chi connectivity index (χ2n) is 5.74. The summed E-state index contributed by atoms with van der Waals surface area (Å²) in [6.45, 7) is 3.05. The molecule has 0 amide bonds. The van der Waals surface area contributed by atoms with E-state index in [1.807, 2.05) is 0 Å². The van der Waals surface area contributed by atoms with Crippen LogP contribution >= 0.6 is 12.4 Å². The third-order valence-electron chi connectivity index (χ3n) is 3.77. The van der Waals surface area contributed by atoms with Gasteiger partial charge >= 0.3 is 5.56 Å². The van der Waals surface area contributed by atoms with E-state index in [9.17, 15) is 14.0 Å². The van der Waals surface area contributed by atoms with E-state index in [4.69, 9.17) is 4.74 Å². The van der Waals surface area contributed by atoms with E-state index >= 15 is 0 Å². The van der Waals surface area contributed by atoms with E-state index in [0.717, 1.165) is 4.68 Å². The van der Waals surface area contributed by atoms with Crippen LogP contribution in [0.1, 0.15) is 24.2 Å². The number of hydrogen-bond donors (Lipinski definition) is 0. The number of halogens is 2. The lowest BCUT2D eigenvalue weighted by atomic mass is 10.1. The van der Waals surface area contributed by atoms with Crippen LogP contribution in [0.15, 0.2) is 59.8 Å². The molecule has 8 heteroatoms. The van der Waals surface area contributed by atoms with Crippen molar-refractivity contribution in [1.29, 1.82) is 0 Å². The first kappa shape index (κ1) is 20.3. The highest BCUT2D eigenvalue weighted by Crippen LogP contribution is 2.22. The number of rotatable bonds is 5. The van der Waals surface area contributed by atoms with Crippen molar-refractivity contribution in [2.75, 3.05) is 0 Å². The van der Waals surface area contributed by atoms with Crippen LogP contribution in [0.4, 0.5) is 4.39 Å². The molecule has 1 unspecified atom stereocenters. The number of carbonyl (C=O) groups is 1. The van der Waals surface area contributed by atoms with Gasteiger partial charge in [0.15, 0.2) is 17.6 Å². The number of Topliss-reactive ketones (excluding diaryl/α,β-unsaturated/α-hetero) is 1. The zero-order valence-electron chi connectivity index (χ0n) is 14.6. The molecule has 140 valence electrons. The summed E-state index contributed by atoms with van der Waals surface area (Å²) in [5, 5.41) is 4.07. The quantitative estimate of drug-likeness (QED) is 0.670. The highest BCUT2D eigenvalue weighted by atomic mass is 35.5. The molecule has 2 aromatic heterocycles. The van der Waals surface area contributed by atoms with Crippen LogP contribution in [0.25, 0.3) is 5.69 Å². The Morgan fingerprint density at radius 3 is 2.48 bits per heavy atom. The molecule has 1 atom stereocenters. The fourth-order valence-corrected chi connectivity index (χ4v) is 2.46. The monoisotopic (exact) mass is 389 g/mol. The van der Waals surface area contributed by atoms with Crippen molar-refractivity contribution in [2.45, 2.75) is 20.0 Å². The predicted molar refractivity (Wildman–Crippen MR) is 100 cm³/mol. The standard InChI is InChI=1S/C19H16FN3O3.ClH/c1-12-10-22-23(16-7-5-15(20)6-8-16)19(25)17(12)26-18(13(2)24)14-4-3-9-21-11-14;/h3-11,18H,1-2H3;1H. The van der Waals surface area contributed by atoms with Crippen LogP contribution in [0, 0.1) is 12.7 Å². The molecule has 0 spiro atoms. The molecule has 0 saturated heterocycles. The lowest BCUT2D eigenvalue weighted by molar-refractivity contribution is -0.123. The molecule has 27 heavy (non-hydrogen) atoms. The first-order chi connectivity index (χ1) is 12.5. The van der Waals surface area contributed by atoms with Gasteiger partial charge in [0, 0.05) is 23.5 Å². The number of nitrogens with zero attached hydrogens (tertiary/aromatic N) is 3. The van der Waals surface area contributed by atoms with E-state index in [1.54, 1.807) is 25.3 Å². The molecule has 0 aliphatic carbocycles. The highest BCUT2D eigenvalue weighted by Gasteiger charge is 2.22. The van der Waals surface area contributed by atoms with Crippen LogP contribution in [-0.2, 0) is 4.79 Å². The minimum Gasteiger partial charge on any atom is -0.472 e. The zero-order chi connectivity index (χ0) is 18.7. The van der Waals surface area contributed by atoms with Crippen LogP contribution in [0.3, 0.4) is 0 Å². The summed E-state index contributed by atoms with van der Waals surface area (Å²) < 4.78 is 20.0. The summed E-state index contributed by atoms with van der Waals surface area (Å²) in [7, 11) is 0. The molecule has 0 aliphatic heterocycles. The number of carbonyl (C=O) groups excluding carboxylic acids is 1. The van der Waals surface area contributed by atoms with Crippen LogP contribution < -0.4 is 10.3 Å². The third kappa shape index (κ3) is 4.38. The Morgan fingerprint density at radius 2 is 1.89 bits per heavy atom. The molecule has 0 saturated carbocycles. The lowest BCUT2D eigenvalue weighted by Gasteiger charge is -2.18. The Labute approximate surface area is 161 Å². The molecule has 2 heterocycles. The average molecular weight is 390 g/mol. The van der Waals surface area contributed by atoms with Crippen molar-refractivity contribution in [3.63, 3.8) is 0 Å². The topological polar surface area (TPSA) is 74.1 Å². The van der Waals surface area contributed by atoms with E-state index in [0.29, 0.717) is 16.8 Å². The van der Waals surface area contributed by atoms with Gasteiger partial charge in [-0.1, -0.05) is 6.07 Å². The first-order valence-corrected chi connectivity index (χ1v) is 7.89. The van der Waals surface area contributed by atoms with Crippen molar-refractivity contribution >= 4 is 18.2 Å². The Bertz CT molecular complexity index is 991. The molecule has 3 rings (SSSR count). The van der Waals surface area contributed by atoms with Gasteiger partial charge in [0.05, 0.1) is 11.9 Å². The predicted octanol–water partition coefficient (Wildman–Crippen LogP) is 3.21. The van der Waals surface area contributed by atoms with E-state index in [-0.39, 0.29) is 23.9 Å². The maximum Gasteiger partial charge on any atom is 0.314 e. The Hall–Kier alpha value is -3.06. The highest BCUT2D eigenvalue weighted by molar-refractivity contribution is 5.85. The number of ether oxygens (including phenoxy) is 1. The average Bonchev–Trinajstić information content (AvgIpc) is 2.63. The maximum atomic E-state index is 13.1. The number of hydrogen-bond acceptors (Lipinski definition) is 5. The molecular weight excluding hydrogens is 373 g/mol. The van der Waals surface area contributed by atoms with Crippen molar-refractivity contribution in [3.8, 4) is 11.4 Å². The van der Waals surface area contributed by atoms with Gasteiger partial charge in [-0.25, -0.2) is 4.39 Å². The molecular formula is C19H17ClFN3O3. The van der Waals surface area contributed by atoms with Crippen LogP contribution in [0.5, 0.6) is 5.75 Å². The van der Waals surface area contributed by atoms with E-state index in [1.165, 1.54) is 43.6 Å². The van der Waals surface area contributed by atoms with Crippen LogP contribution in [0.2, 0.25) is 0 Å². The number of pyridine rings is 1. The maximum absolute atomic E-state index is 13.1. The van der Waals surface area contributed by atoms with Gasteiger partial charge in [0.25, 0.3) is 0 Å². The Kier molecular flexibility index (Phi) is 6.41. The fourth-order valence-electron chi connectivity index (χ4n) is 2.46. The zero-order valence-corrected chi connectivity index (χ0v) is 15.4. The molecule has 0 bridgehead atoms. The number of ketones is 1. The molecule has 0 fully saturated rings. The van der Waals surface area contributed by atoms with Crippen molar-refractivity contribution < 1.29 is 13.9 Å². The Morgan fingerprint density at radius 1 is 1.19 bits per heavy atom. The summed E-state index contributed by atoms with van der Waals surface area (Å²) in [6, 6.07) is 8.73. The summed E-state index contributed by atoms with van der Waals surface area (Å²) in [4.78, 5) is 28.8. The second kappa shape index (κ2) is 8.55. The van der Waals surface area contributed by atoms with Gasteiger partial charge in [-0.05, 0) is 44.2 Å². The van der Waals surface area contributed by atoms with Gasteiger partial charge in [-0.2, -0.15) is 9.78 Å². The largest absolute Gasteiger partial charge is 0.472 e. The third-order valence-corrected chi connectivity index (χ3v) is 3.77.